The van der Waals surface area contributed by atoms with Crippen molar-refractivity contribution in [3.05, 3.63) is 48.3 Å². The van der Waals surface area contributed by atoms with Gasteiger partial charge in [-0.15, -0.1) is 5.10 Å². The molecule has 0 bridgehead atoms. The molecule has 0 fully saturated rings. The van der Waals surface area contributed by atoms with Crippen LogP contribution in [0.15, 0.2) is 42.7 Å². The fourth-order valence-corrected chi connectivity index (χ4v) is 1.71. The topological polar surface area (TPSA) is 88.2 Å². The zero-order valence-electron chi connectivity index (χ0n) is 8.89. The van der Waals surface area contributed by atoms with Crippen molar-refractivity contribution < 1.29 is 15.0 Å². The number of nitrogens with zero attached hydrogens (tertiary/aromatic N) is 3. The highest BCUT2D eigenvalue weighted by Gasteiger charge is 2.43. The van der Waals surface area contributed by atoms with Crippen LogP contribution in [0.3, 0.4) is 0 Å². The standard InChI is InChI=1S/C11H11N3O3/c15-8-11(10(16)17,14-7-6-12-13-14)9-4-2-1-3-5-9/h1-7,15H,8H2,(H,16,17). The van der Waals surface area contributed by atoms with Crippen LogP contribution in [0.5, 0.6) is 0 Å². The first-order valence-corrected chi connectivity index (χ1v) is 4.98. The van der Waals surface area contributed by atoms with Gasteiger partial charge in [-0.3, -0.25) is 0 Å². The van der Waals surface area contributed by atoms with Gasteiger partial charge in [-0.05, 0) is 5.56 Å². The number of aliphatic hydroxyl groups is 1. The van der Waals surface area contributed by atoms with Crippen LogP contribution in [0.4, 0.5) is 0 Å². The Morgan fingerprint density at radius 1 is 1.35 bits per heavy atom. The average Bonchev–Trinajstić information content (AvgIpc) is 2.86. The lowest BCUT2D eigenvalue weighted by Gasteiger charge is -2.27. The number of benzene rings is 1. The van der Waals surface area contributed by atoms with E-state index in [4.69, 9.17) is 0 Å². The Morgan fingerprint density at radius 2 is 2.06 bits per heavy atom. The number of carboxylic acids is 1. The Morgan fingerprint density at radius 3 is 2.53 bits per heavy atom. The summed E-state index contributed by atoms with van der Waals surface area (Å²) in [6.07, 6.45) is 2.79. The Bertz CT molecular complexity index is 498. The average molecular weight is 233 g/mol. The minimum atomic E-state index is -1.63. The van der Waals surface area contributed by atoms with Gasteiger partial charge in [0, 0.05) is 6.20 Å². The summed E-state index contributed by atoms with van der Waals surface area (Å²) in [7, 11) is 0. The first kappa shape index (κ1) is 11.3. The highest BCUT2D eigenvalue weighted by molar-refractivity contribution is 5.81. The van der Waals surface area contributed by atoms with Crippen molar-refractivity contribution in [2.45, 2.75) is 5.54 Å². The second kappa shape index (κ2) is 4.34. The maximum atomic E-state index is 11.5. The number of aromatic nitrogens is 3. The second-order valence-corrected chi connectivity index (χ2v) is 3.54. The van der Waals surface area contributed by atoms with Crippen LogP contribution >= 0.6 is 0 Å². The minimum absolute atomic E-state index is 0.445. The summed E-state index contributed by atoms with van der Waals surface area (Å²) in [6, 6.07) is 8.45. The minimum Gasteiger partial charge on any atom is -0.479 e. The molecule has 0 aliphatic carbocycles. The molecule has 1 heterocycles. The monoisotopic (exact) mass is 233 g/mol. The number of aliphatic carboxylic acids is 1. The molecule has 88 valence electrons. The van der Waals surface area contributed by atoms with Crippen molar-refractivity contribution in [3.8, 4) is 0 Å². The van der Waals surface area contributed by atoms with Crippen molar-refractivity contribution in [2.24, 2.45) is 0 Å². The first-order valence-electron chi connectivity index (χ1n) is 4.98. The van der Waals surface area contributed by atoms with E-state index in [1.54, 1.807) is 30.3 Å². The van der Waals surface area contributed by atoms with E-state index in [9.17, 15) is 15.0 Å². The summed E-state index contributed by atoms with van der Waals surface area (Å²) < 4.78 is 1.14. The zero-order chi connectivity index (χ0) is 12.3. The third-order valence-corrected chi connectivity index (χ3v) is 2.65. The van der Waals surface area contributed by atoms with Gasteiger partial charge >= 0.3 is 5.97 Å². The van der Waals surface area contributed by atoms with Gasteiger partial charge < -0.3 is 10.2 Å². The summed E-state index contributed by atoms with van der Waals surface area (Å²) in [5.74, 6) is -1.18. The van der Waals surface area contributed by atoms with E-state index in [1.807, 2.05) is 0 Å². The van der Waals surface area contributed by atoms with E-state index in [0.29, 0.717) is 5.56 Å². The molecule has 2 aromatic rings. The Kier molecular flexibility index (Phi) is 2.88. The van der Waals surface area contributed by atoms with Gasteiger partial charge in [0.2, 0.25) is 5.54 Å². The van der Waals surface area contributed by atoms with Crippen molar-refractivity contribution in [2.75, 3.05) is 6.61 Å². The van der Waals surface area contributed by atoms with Crippen LogP contribution < -0.4 is 0 Å². The molecular formula is C11H11N3O3. The third kappa shape index (κ3) is 1.68. The molecule has 2 rings (SSSR count). The molecule has 0 amide bonds. The molecule has 0 aliphatic rings. The van der Waals surface area contributed by atoms with Crippen molar-refractivity contribution >= 4 is 5.97 Å². The van der Waals surface area contributed by atoms with Crippen molar-refractivity contribution in [1.82, 2.24) is 15.0 Å². The SMILES string of the molecule is O=C(O)C(CO)(c1ccccc1)n1ccnn1. The summed E-state index contributed by atoms with van der Waals surface area (Å²) in [5.41, 5.74) is -1.18. The molecular weight excluding hydrogens is 222 g/mol. The van der Waals surface area contributed by atoms with E-state index >= 15 is 0 Å². The van der Waals surface area contributed by atoms with Crippen LogP contribution in [0.25, 0.3) is 0 Å². The third-order valence-electron chi connectivity index (χ3n) is 2.65. The molecule has 0 saturated heterocycles. The van der Waals surface area contributed by atoms with Crippen molar-refractivity contribution in [3.63, 3.8) is 0 Å². The fraction of sp³-hybridized carbons (Fsp3) is 0.182. The lowest BCUT2D eigenvalue weighted by atomic mass is 9.91. The second-order valence-electron chi connectivity index (χ2n) is 3.54. The van der Waals surface area contributed by atoms with E-state index in [2.05, 4.69) is 10.3 Å². The van der Waals surface area contributed by atoms with Crippen LogP contribution in [-0.2, 0) is 10.3 Å². The Labute approximate surface area is 97.1 Å². The van der Waals surface area contributed by atoms with Gasteiger partial charge in [0.05, 0.1) is 12.8 Å². The van der Waals surface area contributed by atoms with Crippen molar-refractivity contribution in [1.29, 1.82) is 0 Å². The number of carboxylic acid groups (broad SMARTS) is 1. The normalized spacial score (nSPS) is 14.2. The van der Waals surface area contributed by atoms with Gasteiger partial charge in [-0.1, -0.05) is 35.5 Å². The molecule has 1 aromatic heterocycles. The predicted octanol–water partition coefficient (Wildman–Crippen LogP) is 0.0986. The maximum absolute atomic E-state index is 11.5. The molecule has 1 atom stereocenters. The molecule has 1 aromatic carbocycles. The Balaban J connectivity index is 2.63. The van der Waals surface area contributed by atoms with Crippen LogP contribution in [-0.4, -0.2) is 37.8 Å². The van der Waals surface area contributed by atoms with Crippen LogP contribution in [0.1, 0.15) is 5.56 Å². The fourth-order valence-electron chi connectivity index (χ4n) is 1.71. The van der Waals surface area contributed by atoms with E-state index in [-0.39, 0.29) is 0 Å². The lowest BCUT2D eigenvalue weighted by Crippen LogP contribution is -2.46. The van der Waals surface area contributed by atoms with E-state index in [1.165, 1.54) is 12.4 Å². The summed E-state index contributed by atoms with van der Waals surface area (Å²) in [5, 5.41) is 26.2. The molecule has 6 nitrogen and oxygen atoms in total. The predicted molar refractivity (Wildman–Crippen MR) is 58.3 cm³/mol. The highest BCUT2D eigenvalue weighted by Crippen LogP contribution is 2.25. The first-order chi connectivity index (χ1) is 8.21. The number of carbonyl (C=O) groups is 1. The number of hydrogen-bond donors (Lipinski definition) is 2. The molecule has 2 N–H and O–H groups in total. The Hall–Kier alpha value is -2.21. The summed E-state index contributed by atoms with van der Waals surface area (Å²) in [4.78, 5) is 11.5. The van der Waals surface area contributed by atoms with E-state index < -0.39 is 18.1 Å². The smallest absolute Gasteiger partial charge is 0.338 e. The molecule has 1 unspecified atom stereocenters. The largest absolute Gasteiger partial charge is 0.479 e. The molecule has 0 spiro atoms. The number of hydrogen-bond acceptors (Lipinski definition) is 4. The zero-order valence-corrected chi connectivity index (χ0v) is 8.89. The number of rotatable bonds is 4. The highest BCUT2D eigenvalue weighted by atomic mass is 16.4. The van der Waals surface area contributed by atoms with E-state index in [0.717, 1.165) is 4.68 Å². The molecule has 0 aliphatic heterocycles. The summed E-state index contributed by atoms with van der Waals surface area (Å²) in [6.45, 7) is -0.601. The molecule has 0 saturated carbocycles. The maximum Gasteiger partial charge on any atom is 0.338 e. The van der Waals surface area contributed by atoms with Crippen LogP contribution in [0, 0.1) is 0 Å². The summed E-state index contributed by atoms with van der Waals surface area (Å²) >= 11 is 0. The van der Waals surface area contributed by atoms with Crippen LogP contribution in [0.2, 0.25) is 0 Å². The van der Waals surface area contributed by atoms with Gasteiger partial charge in [0.15, 0.2) is 0 Å². The lowest BCUT2D eigenvalue weighted by molar-refractivity contribution is -0.147. The molecule has 17 heavy (non-hydrogen) atoms. The quantitative estimate of drug-likeness (QED) is 0.781. The molecule has 6 heteroatoms. The van der Waals surface area contributed by atoms with Gasteiger partial charge in [-0.2, -0.15) is 0 Å². The van der Waals surface area contributed by atoms with Gasteiger partial charge in [0.1, 0.15) is 0 Å². The number of aliphatic hydroxyl groups excluding tert-OH is 1. The molecule has 0 radical (unpaired) electrons. The van der Waals surface area contributed by atoms with Gasteiger partial charge in [0.25, 0.3) is 0 Å². The van der Waals surface area contributed by atoms with Gasteiger partial charge in [-0.25, -0.2) is 9.48 Å².